The van der Waals surface area contributed by atoms with Crippen LogP contribution in [0, 0.1) is 13.8 Å². The van der Waals surface area contributed by atoms with Crippen molar-refractivity contribution in [3.8, 4) is 0 Å². The first-order valence-electron chi connectivity index (χ1n) is 8.02. The van der Waals surface area contributed by atoms with Gasteiger partial charge >= 0.3 is 0 Å². The maximum absolute atomic E-state index is 12.2. The molecule has 2 aromatic carbocycles. The first-order chi connectivity index (χ1) is 10.9. The molecule has 0 fully saturated rings. The van der Waals surface area contributed by atoms with Crippen molar-refractivity contribution in [1.29, 1.82) is 0 Å². The summed E-state index contributed by atoms with van der Waals surface area (Å²) >= 11 is 0. The zero-order valence-electron chi connectivity index (χ0n) is 14.3. The molecule has 0 aromatic heterocycles. The highest BCUT2D eigenvalue weighted by atomic mass is 16.3. The van der Waals surface area contributed by atoms with Gasteiger partial charge < -0.3 is 10.4 Å². The number of aryl methyl sites for hydroxylation is 2. The molecule has 0 saturated carbocycles. The topological polar surface area (TPSA) is 49.3 Å². The van der Waals surface area contributed by atoms with Crippen LogP contribution in [0.15, 0.2) is 42.5 Å². The molecule has 3 heteroatoms. The summed E-state index contributed by atoms with van der Waals surface area (Å²) in [5.74, 6) is 0.302. The highest BCUT2D eigenvalue weighted by Gasteiger charge is 2.12. The van der Waals surface area contributed by atoms with Crippen LogP contribution in [0.3, 0.4) is 0 Å². The molecule has 0 radical (unpaired) electrons. The van der Waals surface area contributed by atoms with E-state index >= 15 is 0 Å². The first kappa shape index (κ1) is 17.2. The van der Waals surface area contributed by atoms with Crippen LogP contribution in [-0.4, -0.2) is 17.6 Å². The van der Waals surface area contributed by atoms with Crippen molar-refractivity contribution in [3.63, 3.8) is 0 Å². The Hall–Kier alpha value is -2.13. The highest BCUT2D eigenvalue weighted by molar-refractivity contribution is 5.94. The van der Waals surface area contributed by atoms with Crippen LogP contribution in [0.4, 0.5) is 0 Å². The molecule has 23 heavy (non-hydrogen) atoms. The second-order valence-electron chi connectivity index (χ2n) is 6.35. The van der Waals surface area contributed by atoms with Gasteiger partial charge in [-0.2, -0.15) is 0 Å². The van der Waals surface area contributed by atoms with Gasteiger partial charge in [-0.25, -0.2) is 0 Å². The Bertz CT molecular complexity index is 675. The van der Waals surface area contributed by atoms with E-state index in [1.165, 1.54) is 5.56 Å². The third-order valence-corrected chi connectivity index (χ3v) is 4.21. The molecule has 1 unspecified atom stereocenters. The number of carbonyl (C=O) groups excluding carboxylic acids is 1. The third-order valence-electron chi connectivity index (χ3n) is 4.21. The maximum Gasteiger partial charge on any atom is 0.251 e. The molecule has 0 aliphatic heterocycles. The summed E-state index contributed by atoms with van der Waals surface area (Å²) in [7, 11) is 0. The number of hydrogen-bond donors (Lipinski definition) is 2. The maximum atomic E-state index is 12.2. The molecular formula is C20H25NO2. The fourth-order valence-electron chi connectivity index (χ4n) is 2.40. The lowest BCUT2D eigenvalue weighted by atomic mass is 10.00. The Labute approximate surface area is 138 Å². The molecule has 122 valence electrons. The van der Waals surface area contributed by atoms with Crippen LogP contribution in [0.1, 0.15) is 58.5 Å². The van der Waals surface area contributed by atoms with Crippen molar-refractivity contribution in [1.82, 2.24) is 5.32 Å². The number of aliphatic hydroxyl groups is 1. The van der Waals surface area contributed by atoms with Crippen molar-refractivity contribution in [2.24, 2.45) is 0 Å². The second-order valence-corrected chi connectivity index (χ2v) is 6.35. The predicted molar refractivity (Wildman–Crippen MR) is 93.7 cm³/mol. The van der Waals surface area contributed by atoms with Crippen LogP contribution in [-0.2, 0) is 0 Å². The van der Waals surface area contributed by atoms with Crippen LogP contribution < -0.4 is 5.32 Å². The lowest BCUT2D eigenvalue weighted by Gasteiger charge is -2.14. The van der Waals surface area contributed by atoms with Gasteiger partial charge in [0.1, 0.15) is 0 Å². The molecule has 0 spiro atoms. The quantitative estimate of drug-likeness (QED) is 0.880. The highest BCUT2D eigenvalue weighted by Crippen LogP contribution is 2.18. The van der Waals surface area contributed by atoms with E-state index in [0.717, 1.165) is 16.7 Å². The fraction of sp³-hybridized carbons (Fsp3) is 0.350. The van der Waals surface area contributed by atoms with E-state index in [9.17, 15) is 9.90 Å². The molecule has 0 heterocycles. The molecule has 2 N–H and O–H groups in total. The number of aliphatic hydroxyl groups excluding tert-OH is 1. The Morgan fingerprint density at radius 1 is 1.00 bits per heavy atom. The number of rotatable bonds is 5. The second kappa shape index (κ2) is 7.42. The zero-order valence-corrected chi connectivity index (χ0v) is 14.3. The van der Waals surface area contributed by atoms with Gasteiger partial charge in [0, 0.05) is 12.1 Å². The van der Waals surface area contributed by atoms with Crippen LogP contribution in [0.5, 0.6) is 0 Å². The van der Waals surface area contributed by atoms with Gasteiger partial charge in [0.05, 0.1) is 6.10 Å². The van der Waals surface area contributed by atoms with Gasteiger partial charge in [-0.05, 0) is 54.2 Å². The average Bonchev–Trinajstić information content (AvgIpc) is 2.54. The van der Waals surface area contributed by atoms with Crippen LogP contribution in [0.2, 0.25) is 0 Å². The Morgan fingerprint density at radius 3 is 2.17 bits per heavy atom. The van der Waals surface area contributed by atoms with E-state index in [1.807, 2.05) is 56.3 Å². The summed E-state index contributed by atoms with van der Waals surface area (Å²) in [6, 6.07) is 13.5. The van der Waals surface area contributed by atoms with Gasteiger partial charge in [0.25, 0.3) is 5.91 Å². The van der Waals surface area contributed by atoms with E-state index < -0.39 is 6.10 Å². The number of nitrogens with one attached hydrogen (secondary N) is 1. The molecule has 2 aromatic rings. The van der Waals surface area contributed by atoms with E-state index in [2.05, 4.69) is 19.2 Å². The first-order valence-corrected chi connectivity index (χ1v) is 8.02. The van der Waals surface area contributed by atoms with Gasteiger partial charge in [0.15, 0.2) is 0 Å². The molecule has 2 rings (SSSR count). The summed E-state index contributed by atoms with van der Waals surface area (Å²) in [5, 5.41) is 13.0. The van der Waals surface area contributed by atoms with Crippen molar-refractivity contribution in [3.05, 3.63) is 70.3 Å². The molecule has 3 nitrogen and oxygen atoms in total. The van der Waals surface area contributed by atoms with Gasteiger partial charge in [-0.15, -0.1) is 0 Å². The normalized spacial score (nSPS) is 12.3. The lowest BCUT2D eigenvalue weighted by Crippen LogP contribution is -2.28. The van der Waals surface area contributed by atoms with Crippen molar-refractivity contribution >= 4 is 5.91 Å². The minimum Gasteiger partial charge on any atom is -0.387 e. The van der Waals surface area contributed by atoms with Gasteiger partial charge in [0.2, 0.25) is 0 Å². The monoisotopic (exact) mass is 311 g/mol. The van der Waals surface area contributed by atoms with E-state index in [4.69, 9.17) is 0 Å². The van der Waals surface area contributed by atoms with Crippen LogP contribution in [0.25, 0.3) is 0 Å². The minimum atomic E-state index is -0.702. The third kappa shape index (κ3) is 4.42. The van der Waals surface area contributed by atoms with Crippen molar-refractivity contribution in [2.75, 3.05) is 6.54 Å². The Morgan fingerprint density at radius 2 is 1.61 bits per heavy atom. The summed E-state index contributed by atoms with van der Waals surface area (Å²) in [5.41, 5.74) is 4.92. The standard InChI is InChI=1S/C20H25NO2/c1-13(2)16-7-9-17(10-8-16)19(22)12-21-20(23)18-6-5-14(3)15(4)11-18/h5-11,13,19,22H,12H2,1-4H3,(H,21,23). The van der Waals surface area contributed by atoms with Crippen LogP contribution >= 0.6 is 0 Å². The number of benzene rings is 2. The molecule has 1 amide bonds. The molecule has 0 aliphatic rings. The average molecular weight is 311 g/mol. The summed E-state index contributed by atoms with van der Waals surface area (Å²) in [6.45, 7) is 8.47. The summed E-state index contributed by atoms with van der Waals surface area (Å²) < 4.78 is 0. The van der Waals surface area contributed by atoms with E-state index in [0.29, 0.717) is 11.5 Å². The number of amides is 1. The van der Waals surface area contributed by atoms with E-state index in [1.54, 1.807) is 0 Å². The minimum absolute atomic E-state index is 0.161. The summed E-state index contributed by atoms with van der Waals surface area (Å²) in [6.07, 6.45) is -0.702. The molecule has 0 bridgehead atoms. The Kier molecular flexibility index (Phi) is 5.56. The Balaban J connectivity index is 1.96. The van der Waals surface area contributed by atoms with Gasteiger partial charge in [-0.3, -0.25) is 4.79 Å². The predicted octanol–water partition coefficient (Wildman–Crippen LogP) is 3.89. The fourth-order valence-corrected chi connectivity index (χ4v) is 2.40. The largest absolute Gasteiger partial charge is 0.387 e. The number of carbonyl (C=O) groups is 1. The molecular weight excluding hydrogens is 286 g/mol. The lowest BCUT2D eigenvalue weighted by molar-refractivity contribution is 0.0916. The smallest absolute Gasteiger partial charge is 0.251 e. The molecule has 1 atom stereocenters. The number of hydrogen-bond acceptors (Lipinski definition) is 2. The van der Waals surface area contributed by atoms with Crippen molar-refractivity contribution < 1.29 is 9.90 Å². The van der Waals surface area contributed by atoms with Gasteiger partial charge in [-0.1, -0.05) is 44.2 Å². The zero-order chi connectivity index (χ0) is 17.0. The molecule has 0 aliphatic carbocycles. The molecule has 0 saturated heterocycles. The summed E-state index contributed by atoms with van der Waals surface area (Å²) in [4.78, 5) is 12.2. The SMILES string of the molecule is Cc1ccc(C(=O)NCC(O)c2ccc(C(C)C)cc2)cc1C. The van der Waals surface area contributed by atoms with E-state index in [-0.39, 0.29) is 12.5 Å². The van der Waals surface area contributed by atoms with Crippen molar-refractivity contribution in [2.45, 2.75) is 39.7 Å².